The van der Waals surface area contributed by atoms with E-state index in [4.69, 9.17) is 15.0 Å². The third-order valence-electron chi connectivity index (χ3n) is 6.82. The molecule has 40 heavy (non-hydrogen) atoms. The fourth-order valence-electron chi connectivity index (χ4n) is 4.79. The van der Waals surface area contributed by atoms with Gasteiger partial charge in [-0.05, 0) is 60.7 Å². The normalized spacial score (nSPS) is 11.0. The average molecular weight is 533 g/mol. The highest BCUT2D eigenvalue weighted by Gasteiger charge is 2.12. The number of para-hydroxylation sites is 3. The number of thiazole rings is 1. The van der Waals surface area contributed by atoms with Crippen molar-refractivity contribution in [3.05, 3.63) is 146 Å². The molecule has 0 aliphatic carbocycles. The molecule has 0 unspecified atom stereocenters. The van der Waals surface area contributed by atoms with E-state index in [1.807, 2.05) is 48.8 Å². The number of anilines is 3. The molecule has 0 N–H and O–H groups in total. The lowest BCUT2D eigenvalue weighted by Gasteiger charge is -2.25. The van der Waals surface area contributed by atoms with Crippen LogP contribution < -0.4 is 4.90 Å². The zero-order valence-electron chi connectivity index (χ0n) is 21.6. The van der Waals surface area contributed by atoms with Crippen molar-refractivity contribution in [1.29, 1.82) is 0 Å². The Bertz CT molecular complexity index is 1790. The average Bonchev–Trinajstić information content (AvgIpc) is 3.48. The van der Waals surface area contributed by atoms with Crippen molar-refractivity contribution in [1.82, 2.24) is 15.0 Å². The number of aromatic nitrogens is 3. The number of pyridine rings is 2. The number of hydrogen-bond donors (Lipinski definition) is 0. The lowest BCUT2D eigenvalue weighted by atomic mass is 10.1. The summed E-state index contributed by atoms with van der Waals surface area (Å²) >= 11 is 1.66. The molecule has 7 rings (SSSR count). The quantitative estimate of drug-likeness (QED) is 0.214. The molecule has 0 bridgehead atoms. The summed E-state index contributed by atoms with van der Waals surface area (Å²) in [6.45, 7) is 0. The van der Waals surface area contributed by atoms with Crippen LogP contribution in [0.15, 0.2) is 146 Å². The van der Waals surface area contributed by atoms with E-state index in [9.17, 15) is 0 Å². The minimum absolute atomic E-state index is 0.884. The number of nitrogens with zero attached hydrogens (tertiary/aromatic N) is 4. The first kappa shape index (κ1) is 23.9. The van der Waals surface area contributed by atoms with Crippen LogP contribution in [0.4, 0.5) is 17.1 Å². The van der Waals surface area contributed by atoms with Crippen LogP contribution in [0.3, 0.4) is 0 Å². The Morgan fingerprint density at radius 2 is 0.975 bits per heavy atom. The Kier molecular flexibility index (Phi) is 6.32. The summed E-state index contributed by atoms with van der Waals surface area (Å²) in [5.74, 6) is 0. The van der Waals surface area contributed by atoms with Gasteiger partial charge in [-0.3, -0.25) is 9.97 Å². The molecule has 5 heteroatoms. The first-order valence-corrected chi connectivity index (χ1v) is 13.9. The van der Waals surface area contributed by atoms with Crippen molar-refractivity contribution in [2.45, 2.75) is 0 Å². The van der Waals surface area contributed by atoms with Gasteiger partial charge in [0.15, 0.2) is 0 Å². The predicted octanol–water partition coefficient (Wildman–Crippen LogP) is 9.56. The Hall–Kier alpha value is -5.13. The van der Waals surface area contributed by atoms with Crippen LogP contribution in [-0.4, -0.2) is 15.0 Å². The Morgan fingerprint density at radius 1 is 0.450 bits per heavy atom. The maximum Gasteiger partial charge on any atom is 0.143 e. The minimum atomic E-state index is 0.884. The smallest absolute Gasteiger partial charge is 0.143 e. The highest BCUT2D eigenvalue weighted by Crippen LogP contribution is 2.35. The van der Waals surface area contributed by atoms with E-state index in [0.29, 0.717) is 0 Å². The van der Waals surface area contributed by atoms with Gasteiger partial charge in [0.05, 0.1) is 21.6 Å². The van der Waals surface area contributed by atoms with E-state index in [-0.39, 0.29) is 0 Å². The van der Waals surface area contributed by atoms with Gasteiger partial charge in [0.25, 0.3) is 0 Å². The van der Waals surface area contributed by atoms with Crippen LogP contribution in [0.5, 0.6) is 0 Å². The Labute approximate surface area is 236 Å². The number of benzene rings is 4. The molecule has 7 aromatic rings. The van der Waals surface area contributed by atoms with E-state index in [1.54, 1.807) is 11.3 Å². The summed E-state index contributed by atoms with van der Waals surface area (Å²) in [4.78, 5) is 16.4. The van der Waals surface area contributed by atoms with Crippen LogP contribution in [0.25, 0.3) is 43.3 Å². The summed E-state index contributed by atoms with van der Waals surface area (Å²) in [6.07, 6.45) is 3.81. The van der Waals surface area contributed by atoms with Gasteiger partial charge in [0.1, 0.15) is 5.01 Å². The van der Waals surface area contributed by atoms with Gasteiger partial charge < -0.3 is 4.90 Å². The fourth-order valence-corrected chi connectivity index (χ4v) is 5.73. The van der Waals surface area contributed by atoms with Crippen molar-refractivity contribution in [3.63, 3.8) is 0 Å². The molecule has 4 aromatic carbocycles. The molecule has 0 saturated carbocycles. The summed E-state index contributed by atoms with van der Waals surface area (Å²) in [5, 5.41) is 0.933. The first-order chi connectivity index (χ1) is 19.8. The molecule has 0 spiro atoms. The second-order valence-electron chi connectivity index (χ2n) is 9.40. The molecule has 0 saturated heterocycles. The van der Waals surface area contributed by atoms with Crippen LogP contribution in [0.2, 0.25) is 0 Å². The van der Waals surface area contributed by atoms with Crippen molar-refractivity contribution >= 4 is 38.6 Å². The van der Waals surface area contributed by atoms with Gasteiger partial charge in [0, 0.05) is 46.1 Å². The third kappa shape index (κ3) is 4.75. The van der Waals surface area contributed by atoms with Gasteiger partial charge in [-0.15, -0.1) is 11.3 Å². The summed E-state index contributed by atoms with van der Waals surface area (Å²) in [7, 11) is 0. The molecule has 0 radical (unpaired) electrons. The number of hydrogen-bond acceptors (Lipinski definition) is 5. The molecule has 0 amide bonds. The van der Waals surface area contributed by atoms with Gasteiger partial charge in [-0.25, -0.2) is 4.98 Å². The van der Waals surface area contributed by atoms with E-state index in [0.717, 1.165) is 55.7 Å². The topological polar surface area (TPSA) is 41.9 Å². The van der Waals surface area contributed by atoms with Crippen LogP contribution in [0.1, 0.15) is 0 Å². The largest absolute Gasteiger partial charge is 0.311 e. The molecular weight excluding hydrogens is 508 g/mol. The molecule has 0 aliphatic rings. The SMILES string of the molecule is c1ccc(N(c2ccccc2)c2ccc(-c3ccc(-c4ccc(-c5nc6ccccc6s5)nc4)cn3)cc2)cc1. The lowest BCUT2D eigenvalue weighted by Crippen LogP contribution is -2.09. The first-order valence-electron chi connectivity index (χ1n) is 13.1. The Balaban J connectivity index is 1.12. The van der Waals surface area contributed by atoms with Gasteiger partial charge in [-0.2, -0.15) is 0 Å². The molecule has 0 aliphatic heterocycles. The molecule has 3 heterocycles. The van der Waals surface area contributed by atoms with Gasteiger partial charge >= 0.3 is 0 Å². The predicted molar refractivity (Wildman–Crippen MR) is 166 cm³/mol. The number of rotatable bonds is 6. The van der Waals surface area contributed by atoms with Crippen molar-refractivity contribution < 1.29 is 0 Å². The minimum Gasteiger partial charge on any atom is -0.311 e. The zero-order chi connectivity index (χ0) is 26.7. The van der Waals surface area contributed by atoms with Crippen LogP contribution in [-0.2, 0) is 0 Å². The summed E-state index contributed by atoms with van der Waals surface area (Å²) < 4.78 is 1.17. The summed E-state index contributed by atoms with van der Waals surface area (Å²) in [6, 6.07) is 45.9. The molecule has 0 fully saturated rings. The van der Waals surface area contributed by atoms with Crippen LogP contribution >= 0.6 is 11.3 Å². The van der Waals surface area contributed by atoms with Crippen molar-refractivity contribution in [2.24, 2.45) is 0 Å². The van der Waals surface area contributed by atoms with Gasteiger partial charge in [-0.1, -0.05) is 72.8 Å². The van der Waals surface area contributed by atoms with Crippen molar-refractivity contribution in [2.75, 3.05) is 4.90 Å². The van der Waals surface area contributed by atoms with Gasteiger partial charge in [0.2, 0.25) is 0 Å². The molecule has 190 valence electrons. The highest BCUT2D eigenvalue weighted by molar-refractivity contribution is 7.21. The second kappa shape index (κ2) is 10.6. The highest BCUT2D eigenvalue weighted by atomic mass is 32.1. The van der Waals surface area contributed by atoms with E-state index >= 15 is 0 Å². The standard InChI is InChI=1S/C35H24N4S/c1-3-9-28(10-4-1)39(29-11-5-2-6-12-29)30-19-15-25(16-20-30)31-21-17-26(23-36-31)27-18-22-33(37-24-27)35-38-32-13-7-8-14-34(32)40-35/h1-24H. The van der Waals surface area contributed by atoms with Crippen LogP contribution in [0, 0.1) is 0 Å². The maximum absolute atomic E-state index is 4.77. The Morgan fingerprint density at radius 3 is 1.55 bits per heavy atom. The zero-order valence-corrected chi connectivity index (χ0v) is 22.4. The second-order valence-corrected chi connectivity index (χ2v) is 10.4. The molecule has 0 atom stereocenters. The lowest BCUT2D eigenvalue weighted by molar-refractivity contribution is 1.27. The van der Waals surface area contributed by atoms with E-state index < -0.39 is 0 Å². The number of fused-ring (bicyclic) bond motifs is 1. The van der Waals surface area contributed by atoms with Crippen molar-refractivity contribution in [3.8, 4) is 33.1 Å². The third-order valence-corrected chi connectivity index (χ3v) is 7.88. The monoisotopic (exact) mass is 532 g/mol. The maximum atomic E-state index is 4.77. The summed E-state index contributed by atoms with van der Waals surface area (Å²) in [5.41, 5.74) is 9.28. The van der Waals surface area contributed by atoms with E-state index in [1.165, 1.54) is 4.70 Å². The molecule has 3 aromatic heterocycles. The molecular formula is C35H24N4S. The molecule has 4 nitrogen and oxygen atoms in total. The van der Waals surface area contributed by atoms with E-state index in [2.05, 4.69) is 102 Å². The fraction of sp³-hybridized carbons (Fsp3) is 0.